The third-order valence-electron chi connectivity index (χ3n) is 3.82. The van der Waals surface area contributed by atoms with Gasteiger partial charge in [0.1, 0.15) is 0 Å². The van der Waals surface area contributed by atoms with Crippen LogP contribution in [0.15, 0.2) is 53.4 Å². The van der Waals surface area contributed by atoms with Crippen molar-refractivity contribution in [2.45, 2.75) is 26.0 Å². The number of anilines is 1. The molecule has 1 aliphatic rings. The van der Waals surface area contributed by atoms with Gasteiger partial charge < -0.3 is 0 Å². The van der Waals surface area contributed by atoms with E-state index in [2.05, 4.69) is 0 Å². The molecule has 0 aliphatic carbocycles. The lowest BCUT2D eigenvalue weighted by Crippen LogP contribution is -2.31. The lowest BCUT2D eigenvalue weighted by atomic mass is 10.0. The van der Waals surface area contributed by atoms with Crippen LogP contribution in [0.2, 0.25) is 5.02 Å². The van der Waals surface area contributed by atoms with Crippen molar-refractivity contribution in [1.29, 1.82) is 0 Å². The quantitative estimate of drug-likeness (QED) is 0.704. The van der Waals surface area contributed by atoms with E-state index < -0.39 is 0 Å². The molecule has 0 N–H and O–H groups in total. The molecule has 0 fully saturated rings. The van der Waals surface area contributed by atoms with Crippen LogP contribution >= 0.6 is 23.4 Å². The Bertz CT molecular complexity index is 854. The topological polar surface area (TPSA) is 37.4 Å². The van der Waals surface area contributed by atoms with Gasteiger partial charge in [0, 0.05) is 10.3 Å². The number of carbonyl (C=O) groups is 2. The summed E-state index contributed by atoms with van der Waals surface area (Å²) in [5, 5.41) is 0.753. The van der Waals surface area contributed by atoms with E-state index in [1.54, 1.807) is 24.3 Å². The van der Waals surface area contributed by atoms with Crippen molar-refractivity contribution in [1.82, 2.24) is 0 Å². The maximum absolute atomic E-state index is 13.1. The molecule has 0 bridgehead atoms. The van der Waals surface area contributed by atoms with Crippen LogP contribution in [0.5, 0.6) is 0 Å². The summed E-state index contributed by atoms with van der Waals surface area (Å²) in [4.78, 5) is 27.8. The summed E-state index contributed by atoms with van der Waals surface area (Å²) in [6.45, 7) is 6.00. The fourth-order valence-corrected chi connectivity index (χ4v) is 3.77. The summed E-state index contributed by atoms with van der Waals surface area (Å²) in [5.74, 6) is -0.569. The Labute approximate surface area is 156 Å². The number of aryl methyl sites for hydroxylation is 1. The third kappa shape index (κ3) is 3.51. The molecule has 0 unspecified atom stereocenters. The van der Waals surface area contributed by atoms with Crippen LogP contribution in [0.3, 0.4) is 0 Å². The van der Waals surface area contributed by atoms with Gasteiger partial charge in [-0.3, -0.25) is 9.59 Å². The largest absolute Gasteiger partial charge is 0.272 e. The average Bonchev–Trinajstić information content (AvgIpc) is 2.80. The molecule has 5 heteroatoms. The Morgan fingerprint density at radius 1 is 0.920 bits per heavy atom. The molecule has 2 aromatic carbocycles. The highest BCUT2D eigenvalue weighted by molar-refractivity contribution is 8.04. The highest BCUT2D eigenvalue weighted by Crippen LogP contribution is 2.40. The fraction of sp³-hybridized carbons (Fsp3) is 0.200. The van der Waals surface area contributed by atoms with Gasteiger partial charge in [0.15, 0.2) is 0 Å². The number of benzene rings is 2. The summed E-state index contributed by atoms with van der Waals surface area (Å²) in [7, 11) is 0. The number of hydrogen-bond donors (Lipinski definition) is 0. The van der Waals surface area contributed by atoms with Gasteiger partial charge >= 0.3 is 0 Å². The van der Waals surface area contributed by atoms with Crippen molar-refractivity contribution >= 4 is 46.4 Å². The maximum atomic E-state index is 13.1. The zero-order chi connectivity index (χ0) is 18.1. The second-order valence-corrected chi connectivity index (χ2v) is 8.18. The molecule has 0 radical (unpaired) electrons. The van der Waals surface area contributed by atoms with E-state index in [1.165, 1.54) is 16.7 Å². The number of imide groups is 1. The zero-order valence-corrected chi connectivity index (χ0v) is 15.8. The van der Waals surface area contributed by atoms with E-state index >= 15 is 0 Å². The van der Waals surface area contributed by atoms with Crippen molar-refractivity contribution in [3.05, 3.63) is 69.6 Å². The van der Waals surface area contributed by atoms with Crippen LogP contribution in [0.4, 0.5) is 5.69 Å². The predicted octanol–water partition coefficient (Wildman–Crippen LogP) is 5.07. The van der Waals surface area contributed by atoms with E-state index in [1.807, 2.05) is 45.0 Å². The zero-order valence-electron chi connectivity index (χ0n) is 14.2. The Hall–Kier alpha value is -2.04. The average molecular weight is 372 g/mol. The van der Waals surface area contributed by atoms with Gasteiger partial charge in [0.25, 0.3) is 11.8 Å². The van der Waals surface area contributed by atoms with Gasteiger partial charge in [-0.05, 0) is 36.8 Å². The first kappa shape index (κ1) is 17.8. The van der Waals surface area contributed by atoms with E-state index in [0.29, 0.717) is 21.2 Å². The summed E-state index contributed by atoms with van der Waals surface area (Å²) >= 11 is 7.35. The van der Waals surface area contributed by atoms with E-state index in [-0.39, 0.29) is 17.1 Å². The molecular formula is C20H18ClNO2S. The SMILES string of the molecule is Cc1ccc(C2=C(SC(C)C)C(=O)N(c3ccc(Cl)cc3)C2=O)cc1. The second kappa shape index (κ2) is 7.06. The number of rotatable bonds is 4. The molecule has 0 atom stereocenters. The Balaban J connectivity index is 2.09. The van der Waals surface area contributed by atoms with Gasteiger partial charge in [-0.15, -0.1) is 11.8 Å². The molecule has 0 saturated carbocycles. The normalized spacial score (nSPS) is 14.8. The summed E-state index contributed by atoms with van der Waals surface area (Å²) in [6, 6.07) is 14.4. The number of thioether (sulfide) groups is 1. The number of nitrogens with zero attached hydrogens (tertiary/aromatic N) is 1. The van der Waals surface area contributed by atoms with Crippen LogP contribution < -0.4 is 4.90 Å². The van der Waals surface area contributed by atoms with Crippen molar-refractivity contribution in [3.63, 3.8) is 0 Å². The lowest BCUT2D eigenvalue weighted by Gasteiger charge is -2.15. The van der Waals surface area contributed by atoms with Crippen LogP contribution in [-0.4, -0.2) is 17.1 Å². The van der Waals surface area contributed by atoms with Gasteiger partial charge in [0.2, 0.25) is 0 Å². The van der Waals surface area contributed by atoms with Crippen molar-refractivity contribution < 1.29 is 9.59 Å². The molecule has 2 aromatic rings. The van der Waals surface area contributed by atoms with E-state index in [0.717, 1.165) is 11.1 Å². The smallest absolute Gasteiger partial charge is 0.268 e. The highest BCUT2D eigenvalue weighted by Gasteiger charge is 2.40. The second-order valence-electron chi connectivity index (χ2n) is 6.16. The molecule has 2 amide bonds. The van der Waals surface area contributed by atoms with Gasteiger partial charge in [0.05, 0.1) is 16.2 Å². The highest BCUT2D eigenvalue weighted by atomic mass is 35.5. The van der Waals surface area contributed by atoms with E-state index in [4.69, 9.17) is 11.6 Å². The fourth-order valence-electron chi connectivity index (χ4n) is 2.65. The minimum Gasteiger partial charge on any atom is -0.268 e. The Kier molecular flexibility index (Phi) is 5.02. The van der Waals surface area contributed by atoms with Crippen LogP contribution in [-0.2, 0) is 9.59 Å². The first-order valence-electron chi connectivity index (χ1n) is 8.01. The monoisotopic (exact) mass is 371 g/mol. The molecule has 128 valence electrons. The molecule has 1 aliphatic heterocycles. The van der Waals surface area contributed by atoms with Gasteiger partial charge in [-0.1, -0.05) is 55.3 Å². The summed E-state index contributed by atoms with van der Waals surface area (Å²) in [6.07, 6.45) is 0. The molecule has 0 saturated heterocycles. The van der Waals surface area contributed by atoms with E-state index in [9.17, 15) is 9.59 Å². The predicted molar refractivity (Wildman–Crippen MR) is 105 cm³/mol. The Morgan fingerprint density at radius 3 is 2.08 bits per heavy atom. The Morgan fingerprint density at radius 2 is 1.52 bits per heavy atom. The standard InChI is InChI=1S/C20H18ClNO2S/c1-12(2)25-18-17(14-6-4-13(3)5-7-14)19(23)22(20(18)24)16-10-8-15(21)9-11-16/h4-12H,1-3H3. The first-order chi connectivity index (χ1) is 11.9. The molecular weight excluding hydrogens is 354 g/mol. The first-order valence-corrected chi connectivity index (χ1v) is 9.26. The molecule has 0 spiro atoms. The number of carbonyl (C=O) groups excluding carboxylic acids is 2. The van der Waals surface area contributed by atoms with Crippen molar-refractivity contribution in [2.75, 3.05) is 4.90 Å². The number of hydrogen-bond acceptors (Lipinski definition) is 3. The van der Waals surface area contributed by atoms with Gasteiger partial charge in [-0.25, -0.2) is 4.90 Å². The minimum atomic E-state index is -0.292. The number of amides is 2. The van der Waals surface area contributed by atoms with Gasteiger partial charge in [-0.2, -0.15) is 0 Å². The molecule has 3 rings (SSSR count). The number of halogens is 1. The van der Waals surface area contributed by atoms with Crippen LogP contribution in [0.1, 0.15) is 25.0 Å². The molecule has 0 aromatic heterocycles. The van der Waals surface area contributed by atoms with Crippen LogP contribution in [0, 0.1) is 6.92 Å². The summed E-state index contributed by atoms with van der Waals surface area (Å²) < 4.78 is 0. The van der Waals surface area contributed by atoms with Crippen molar-refractivity contribution in [2.24, 2.45) is 0 Å². The molecule has 3 nitrogen and oxygen atoms in total. The van der Waals surface area contributed by atoms with Crippen molar-refractivity contribution in [3.8, 4) is 0 Å². The van der Waals surface area contributed by atoms with Crippen LogP contribution in [0.25, 0.3) is 5.57 Å². The molecule has 1 heterocycles. The maximum Gasteiger partial charge on any atom is 0.272 e. The minimum absolute atomic E-state index is 0.192. The summed E-state index contributed by atoms with van der Waals surface area (Å²) in [5.41, 5.74) is 2.87. The lowest BCUT2D eigenvalue weighted by molar-refractivity contribution is -0.119. The third-order valence-corrected chi connectivity index (χ3v) is 5.16. The molecule has 25 heavy (non-hydrogen) atoms.